The Bertz CT molecular complexity index is 1160. The van der Waals surface area contributed by atoms with E-state index in [4.69, 9.17) is 26.4 Å². The smallest absolute Gasteiger partial charge is 0.267 e. The number of amides is 1. The number of aromatic nitrogens is 2. The van der Waals surface area contributed by atoms with Gasteiger partial charge in [0.05, 0.1) is 38.3 Å². The van der Waals surface area contributed by atoms with E-state index in [1.54, 1.807) is 21.4 Å². The van der Waals surface area contributed by atoms with Crippen LogP contribution in [0.4, 0.5) is 0 Å². The number of methoxy groups -OCH3 is 2. The predicted octanol–water partition coefficient (Wildman–Crippen LogP) is 2.06. The van der Waals surface area contributed by atoms with Gasteiger partial charge in [0, 0.05) is 19.2 Å². The highest BCUT2D eigenvalue weighted by Crippen LogP contribution is 2.32. The lowest BCUT2D eigenvalue weighted by Gasteiger charge is -2.26. The van der Waals surface area contributed by atoms with Crippen LogP contribution in [0.1, 0.15) is 9.67 Å². The van der Waals surface area contributed by atoms with E-state index in [0.29, 0.717) is 63.2 Å². The number of thiazole rings is 1. The van der Waals surface area contributed by atoms with E-state index in [9.17, 15) is 9.59 Å². The summed E-state index contributed by atoms with van der Waals surface area (Å²) in [6, 6.07) is 3.30. The fourth-order valence-electron chi connectivity index (χ4n) is 3.17. The number of nitrogens with one attached hydrogen (secondary N) is 1. The molecule has 8 nitrogen and oxygen atoms in total. The quantitative estimate of drug-likeness (QED) is 0.669. The Morgan fingerprint density at radius 3 is 2.56 bits per heavy atom. The van der Waals surface area contributed by atoms with Crippen LogP contribution < -0.4 is 15.0 Å². The Hall–Kier alpha value is -2.43. The number of rotatable bonds is 3. The van der Waals surface area contributed by atoms with E-state index in [-0.39, 0.29) is 11.5 Å². The third-order valence-electron chi connectivity index (χ3n) is 4.52. The number of carbonyl (C=O) groups is 1. The van der Waals surface area contributed by atoms with E-state index in [1.807, 2.05) is 0 Å². The highest BCUT2D eigenvalue weighted by molar-refractivity contribution is 7.73. The first-order valence-electron chi connectivity index (χ1n) is 8.25. The molecule has 1 aliphatic heterocycles. The van der Waals surface area contributed by atoms with Crippen molar-refractivity contribution in [2.45, 2.75) is 0 Å². The van der Waals surface area contributed by atoms with Crippen LogP contribution in [-0.2, 0) is 4.74 Å². The Labute approximate surface area is 162 Å². The van der Waals surface area contributed by atoms with Crippen molar-refractivity contribution >= 4 is 46.0 Å². The molecule has 142 valence electrons. The summed E-state index contributed by atoms with van der Waals surface area (Å²) in [4.78, 5) is 30.6. The lowest BCUT2D eigenvalue weighted by Crippen LogP contribution is -2.40. The number of benzene rings is 1. The van der Waals surface area contributed by atoms with Crippen LogP contribution in [-0.4, -0.2) is 60.7 Å². The Kier molecular flexibility index (Phi) is 4.62. The number of aromatic amines is 1. The van der Waals surface area contributed by atoms with Crippen molar-refractivity contribution in [2.75, 3.05) is 40.5 Å². The van der Waals surface area contributed by atoms with Gasteiger partial charge < -0.3 is 24.1 Å². The normalized spacial score (nSPS) is 14.7. The minimum Gasteiger partial charge on any atom is -0.493 e. The van der Waals surface area contributed by atoms with E-state index in [0.717, 1.165) is 0 Å². The Morgan fingerprint density at radius 2 is 1.89 bits per heavy atom. The standard InChI is InChI=1S/C17H17N3O5S2/c1-23-11-7-9-10(8-12(11)24-2)20-14(18-15(9)21)13(27-17(20)26)16(22)19-3-5-25-6-4-19/h7-8H,3-6H2,1-2H3,(H,18,21). The fourth-order valence-corrected chi connectivity index (χ4v) is 4.52. The Balaban J connectivity index is 1.98. The topological polar surface area (TPSA) is 85.3 Å². The Morgan fingerprint density at radius 1 is 1.22 bits per heavy atom. The van der Waals surface area contributed by atoms with Crippen LogP contribution in [0.3, 0.4) is 0 Å². The maximum absolute atomic E-state index is 13.0. The van der Waals surface area contributed by atoms with Gasteiger partial charge in [-0.3, -0.25) is 14.0 Å². The van der Waals surface area contributed by atoms with Gasteiger partial charge in [-0.2, -0.15) is 0 Å². The van der Waals surface area contributed by atoms with E-state index >= 15 is 0 Å². The minimum absolute atomic E-state index is 0.160. The van der Waals surface area contributed by atoms with Gasteiger partial charge in [0.25, 0.3) is 11.5 Å². The molecule has 2 aromatic heterocycles. The van der Waals surface area contributed by atoms with Gasteiger partial charge >= 0.3 is 0 Å². The second-order valence-corrected chi connectivity index (χ2v) is 7.61. The summed E-state index contributed by atoms with van der Waals surface area (Å²) < 4.78 is 18.1. The van der Waals surface area contributed by atoms with Gasteiger partial charge in [-0.15, -0.1) is 0 Å². The molecule has 0 aliphatic carbocycles. The molecule has 1 N–H and O–H groups in total. The number of hydrogen-bond acceptors (Lipinski definition) is 7. The highest BCUT2D eigenvalue weighted by atomic mass is 32.1. The van der Waals surface area contributed by atoms with Gasteiger partial charge in [0.15, 0.2) is 15.5 Å². The van der Waals surface area contributed by atoms with Gasteiger partial charge in [0.1, 0.15) is 10.5 Å². The molecule has 1 fully saturated rings. The summed E-state index contributed by atoms with van der Waals surface area (Å²) in [7, 11) is 3.03. The molecule has 0 saturated carbocycles. The molecule has 0 spiro atoms. The summed E-state index contributed by atoms with van der Waals surface area (Å²) in [5.41, 5.74) is 0.634. The maximum atomic E-state index is 13.0. The van der Waals surface area contributed by atoms with Gasteiger partial charge in [-0.1, -0.05) is 11.3 Å². The molecule has 3 heterocycles. The first-order valence-corrected chi connectivity index (χ1v) is 9.48. The summed E-state index contributed by atoms with van der Waals surface area (Å²) in [6.45, 7) is 2.02. The molecule has 1 amide bonds. The van der Waals surface area contributed by atoms with Crippen molar-refractivity contribution in [3.05, 3.63) is 31.3 Å². The zero-order valence-corrected chi connectivity index (χ0v) is 16.4. The first kappa shape index (κ1) is 18.0. The molecule has 4 rings (SSSR count). The zero-order valence-electron chi connectivity index (χ0n) is 14.7. The number of H-pyrrole nitrogens is 1. The third kappa shape index (κ3) is 2.89. The van der Waals surface area contributed by atoms with Crippen molar-refractivity contribution in [3.8, 4) is 11.5 Å². The van der Waals surface area contributed by atoms with Crippen LogP contribution in [0.25, 0.3) is 16.6 Å². The average Bonchev–Trinajstić information content (AvgIpc) is 3.03. The van der Waals surface area contributed by atoms with Crippen molar-refractivity contribution < 1.29 is 19.0 Å². The predicted molar refractivity (Wildman–Crippen MR) is 104 cm³/mol. The molecule has 27 heavy (non-hydrogen) atoms. The fraction of sp³-hybridized carbons (Fsp3) is 0.353. The van der Waals surface area contributed by atoms with Crippen molar-refractivity contribution in [1.82, 2.24) is 14.3 Å². The van der Waals surface area contributed by atoms with E-state index in [2.05, 4.69) is 4.98 Å². The molecule has 10 heteroatoms. The number of nitrogens with zero attached hydrogens (tertiary/aromatic N) is 2. The van der Waals surface area contributed by atoms with Gasteiger partial charge in [-0.05, 0) is 18.3 Å². The van der Waals surface area contributed by atoms with Crippen LogP contribution >= 0.6 is 23.6 Å². The largest absolute Gasteiger partial charge is 0.493 e. The average molecular weight is 407 g/mol. The van der Waals surface area contributed by atoms with Crippen LogP contribution in [0.5, 0.6) is 11.5 Å². The molecule has 0 atom stereocenters. The zero-order chi connectivity index (χ0) is 19.1. The SMILES string of the molecule is COc1cc2c(=O)[nH]c3c(C(=O)N4CCOCC4)sc(=S)n3c2cc1OC. The number of ether oxygens (including phenoxy) is 3. The van der Waals surface area contributed by atoms with Crippen LogP contribution in [0.15, 0.2) is 16.9 Å². The molecular formula is C17H17N3O5S2. The van der Waals surface area contributed by atoms with Crippen molar-refractivity contribution in [3.63, 3.8) is 0 Å². The monoisotopic (exact) mass is 407 g/mol. The molecule has 1 saturated heterocycles. The van der Waals surface area contributed by atoms with Gasteiger partial charge in [-0.25, -0.2) is 0 Å². The van der Waals surface area contributed by atoms with E-state index in [1.165, 1.54) is 25.6 Å². The number of carbonyl (C=O) groups excluding carboxylic acids is 1. The number of fused-ring (bicyclic) bond motifs is 3. The minimum atomic E-state index is -0.324. The molecule has 0 unspecified atom stereocenters. The van der Waals surface area contributed by atoms with Crippen molar-refractivity contribution in [1.29, 1.82) is 0 Å². The first-order chi connectivity index (χ1) is 13.0. The lowest BCUT2D eigenvalue weighted by molar-refractivity contribution is 0.0307. The highest BCUT2D eigenvalue weighted by Gasteiger charge is 2.25. The van der Waals surface area contributed by atoms with Crippen LogP contribution in [0.2, 0.25) is 0 Å². The lowest BCUT2D eigenvalue weighted by atomic mass is 10.2. The maximum Gasteiger partial charge on any atom is 0.267 e. The second kappa shape index (κ2) is 6.95. The summed E-state index contributed by atoms with van der Waals surface area (Å²) in [6.07, 6.45) is 0. The molecule has 0 radical (unpaired) electrons. The molecule has 1 aliphatic rings. The summed E-state index contributed by atoms with van der Waals surface area (Å²) in [5, 5.41) is 0.402. The summed E-state index contributed by atoms with van der Waals surface area (Å²) in [5.74, 6) is 0.764. The molecule has 1 aromatic carbocycles. The second-order valence-electron chi connectivity index (χ2n) is 5.96. The van der Waals surface area contributed by atoms with Gasteiger partial charge in [0.2, 0.25) is 0 Å². The third-order valence-corrected chi connectivity index (χ3v) is 5.88. The van der Waals surface area contributed by atoms with E-state index < -0.39 is 0 Å². The number of morpholine rings is 1. The molecule has 0 bridgehead atoms. The number of hydrogen-bond donors (Lipinski definition) is 1. The molecular weight excluding hydrogens is 390 g/mol. The van der Waals surface area contributed by atoms with Crippen LogP contribution in [0, 0.1) is 3.95 Å². The molecule has 3 aromatic rings. The summed E-state index contributed by atoms with van der Waals surface area (Å²) >= 11 is 6.68. The van der Waals surface area contributed by atoms with Crippen molar-refractivity contribution in [2.24, 2.45) is 0 Å².